The maximum absolute atomic E-state index is 4.95. The van der Waals surface area contributed by atoms with Crippen molar-refractivity contribution >= 4 is 54.7 Å². The Morgan fingerprint density at radius 1 is 0.514 bits per heavy atom. The first-order valence-corrected chi connectivity index (χ1v) is 13.0. The maximum atomic E-state index is 4.95. The van der Waals surface area contributed by atoms with Gasteiger partial charge in [0.15, 0.2) is 0 Å². The Bertz CT molecular complexity index is 1680. The highest BCUT2D eigenvalue weighted by Gasteiger charge is 2.21. The molecule has 0 spiro atoms. The lowest BCUT2D eigenvalue weighted by Gasteiger charge is -2.24. The van der Waals surface area contributed by atoms with Gasteiger partial charge in [-0.25, -0.2) is 0 Å². The molecule has 0 radical (unpaired) electrons. The minimum atomic E-state index is -0.00859. The van der Waals surface area contributed by atoms with Crippen molar-refractivity contribution in [3.05, 3.63) is 96.3 Å². The molecule has 0 saturated carbocycles. The van der Waals surface area contributed by atoms with E-state index >= 15 is 0 Å². The van der Waals surface area contributed by atoms with Gasteiger partial charge >= 0.3 is 0 Å². The van der Waals surface area contributed by atoms with Crippen LogP contribution in [0, 0.1) is 0 Å². The van der Waals surface area contributed by atoms with Crippen molar-refractivity contribution in [1.82, 2.24) is 9.97 Å². The van der Waals surface area contributed by atoms with E-state index < -0.39 is 0 Å². The first kappa shape index (κ1) is 23.4. The largest absolute Gasteiger partial charge is 0.352 e. The lowest BCUT2D eigenvalue weighted by molar-refractivity contribution is 0.591. The zero-order valence-corrected chi connectivity index (χ0v) is 22.5. The lowest BCUT2D eigenvalue weighted by Crippen LogP contribution is -2.13. The van der Waals surface area contributed by atoms with Gasteiger partial charge in [-0.3, -0.25) is 9.97 Å². The molecule has 6 rings (SSSR count). The van der Waals surface area contributed by atoms with Crippen LogP contribution in [0.1, 0.15) is 52.7 Å². The number of hydrogen-bond donors (Lipinski definition) is 1. The van der Waals surface area contributed by atoms with Crippen LogP contribution in [0.4, 0.5) is 11.4 Å². The second-order valence-electron chi connectivity index (χ2n) is 12.2. The summed E-state index contributed by atoms with van der Waals surface area (Å²) in [6.07, 6.45) is 3.96. The Morgan fingerprint density at radius 3 is 1.32 bits per heavy atom. The summed E-state index contributed by atoms with van der Waals surface area (Å²) in [5.74, 6) is 0. The van der Waals surface area contributed by atoms with Crippen LogP contribution >= 0.6 is 0 Å². The number of aromatic nitrogens is 2. The van der Waals surface area contributed by atoms with Gasteiger partial charge in [0.25, 0.3) is 0 Å². The van der Waals surface area contributed by atoms with E-state index in [1.165, 1.54) is 32.7 Å². The first-order chi connectivity index (χ1) is 17.6. The molecule has 0 bridgehead atoms. The summed E-state index contributed by atoms with van der Waals surface area (Å²) in [5, 5.41) is 10.9. The molecule has 0 atom stereocenters. The van der Waals surface area contributed by atoms with E-state index in [1.807, 2.05) is 12.4 Å². The number of nitrogens with one attached hydrogen (secondary N) is 1. The van der Waals surface area contributed by atoms with Crippen LogP contribution in [0.15, 0.2) is 85.2 Å². The van der Waals surface area contributed by atoms with Gasteiger partial charge in [0.1, 0.15) is 0 Å². The van der Waals surface area contributed by atoms with Crippen LogP contribution in [0.5, 0.6) is 0 Å². The van der Waals surface area contributed by atoms with Crippen molar-refractivity contribution in [2.75, 3.05) is 5.32 Å². The quantitative estimate of drug-likeness (QED) is 0.249. The van der Waals surface area contributed by atoms with Crippen LogP contribution in [0.2, 0.25) is 0 Å². The van der Waals surface area contributed by atoms with Crippen molar-refractivity contribution in [3.8, 4) is 0 Å². The second-order valence-corrected chi connectivity index (χ2v) is 12.2. The zero-order valence-electron chi connectivity index (χ0n) is 22.5. The highest BCUT2D eigenvalue weighted by Crippen LogP contribution is 2.39. The Morgan fingerprint density at radius 2 is 0.919 bits per heavy atom. The summed E-state index contributed by atoms with van der Waals surface area (Å²) < 4.78 is 0. The molecule has 0 aliphatic rings. The molecule has 2 aromatic heterocycles. The Balaban J connectivity index is 1.66. The molecule has 6 aromatic rings. The molecule has 0 unspecified atom stereocenters. The molecule has 1 N–H and O–H groups in total. The molecular formula is C34H33N3. The Kier molecular flexibility index (Phi) is 5.24. The van der Waals surface area contributed by atoms with E-state index in [1.54, 1.807) is 0 Å². The molecule has 184 valence electrons. The molecule has 2 heterocycles. The highest BCUT2D eigenvalue weighted by atomic mass is 14.9. The smallest absolute Gasteiger partial charge is 0.0943 e. The number of hydrogen-bond acceptors (Lipinski definition) is 3. The topological polar surface area (TPSA) is 37.8 Å². The number of pyridine rings is 2. The summed E-state index contributed by atoms with van der Waals surface area (Å²) in [5.41, 5.74) is 6.50. The summed E-state index contributed by atoms with van der Waals surface area (Å²) in [6.45, 7) is 13.6. The third-order valence-electron chi connectivity index (χ3n) is 7.39. The maximum Gasteiger partial charge on any atom is 0.0943 e. The van der Waals surface area contributed by atoms with E-state index in [2.05, 4.69) is 120 Å². The zero-order chi connectivity index (χ0) is 25.9. The Labute approximate surface area is 218 Å². The minimum Gasteiger partial charge on any atom is -0.352 e. The summed E-state index contributed by atoms with van der Waals surface area (Å²) in [4.78, 5) is 9.89. The highest BCUT2D eigenvalue weighted by molar-refractivity contribution is 6.12. The number of rotatable bonds is 2. The molecule has 0 amide bonds. The molecule has 0 fully saturated rings. The lowest BCUT2D eigenvalue weighted by atomic mass is 9.84. The number of benzene rings is 4. The molecular weight excluding hydrogens is 450 g/mol. The van der Waals surface area contributed by atoms with Crippen LogP contribution in [-0.4, -0.2) is 9.97 Å². The first-order valence-electron chi connectivity index (χ1n) is 13.0. The van der Waals surface area contributed by atoms with Crippen LogP contribution < -0.4 is 5.32 Å². The Hall–Kier alpha value is -3.98. The SMILES string of the molecule is CC(C)(C)c1cc(Nc2cc(C(C)(C)C)cc3c2ncc2ccccc23)c2ncc3ccccc3c2c1. The predicted molar refractivity (Wildman–Crippen MR) is 159 cm³/mol. The molecule has 3 nitrogen and oxygen atoms in total. The molecule has 0 aliphatic carbocycles. The minimum absolute atomic E-state index is 0.00859. The second kappa shape index (κ2) is 8.27. The van der Waals surface area contributed by atoms with Crippen molar-refractivity contribution in [1.29, 1.82) is 0 Å². The van der Waals surface area contributed by atoms with E-state index in [4.69, 9.17) is 9.97 Å². The number of nitrogens with zero attached hydrogens (tertiary/aromatic N) is 2. The third kappa shape index (κ3) is 4.09. The monoisotopic (exact) mass is 483 g/mol. The van der Waals surface area contributed by atoms with Gasteiger partial charge in [-0.15, -0.1) is 0 Å². The number of fused-ring (bicyclic) bond motifs is 6. The molecule has 0 aliphatic heterocycles. The summed E-state index contributed by atoms with van der Waals surface area (Å²) in [6, 6.07) is 26.2. The van der Waals surface area contributed by atoms with Crippen LogP contribution in [0.25, 0.3) is 43.4 Å². The molecule has 0 saturated heterocycles. The van der Waals surface area contributed by atoms with E-state index in [0.29, 0.717) is 0 Å². The average molecular weight is 484 g/mol. The standard InChI is InChI=1S/C34H33N3/c1-33(2,3)23-15-27-25-13-9-7-11-21(25)19-35-31(27)29(17-23)37-30-18-24(34(4,5)6)16-28-26-14-10-8-12-22(26)20-36-32(28)30/h7-20,37H,1-6H3. The molecule has 3 heteroatoms. The van der Waals surface area contributed by atoms with Gasteiger partial charge in [-0.05, 0) is 57.0 Å². The summed E-state index contributed by atoms with van der Waals surface area (Å²) in [7, 11) is 0. The fourth-order valence-electron chi connectivity index (χ4n) is 5.14. The normalized spacial score (nSPS) is 12.6. The molecule has 4 aromatic carbocycles. The fourth-order valence-corrected chi connectivity index (χ4v) is 5.14. The number of anilines is 2. The van der Waals surface area contributed by atoms with Crippen molar-refractivity contribution < 1.29 is 0 Å². The van der Waals surface area contributed by atoms with Gasteiger partial charge < -0.3 is 5.32 Å². The van der Waals surface area contributed by atoms with Crippen LogP contribution in [0.3, 0.4) is 0 Å². The predicted octanol–water partition coefficient (Wildman–Crippen LogP) is 9.43. The van der Waals surface area contributed by atoms with Gasteiger partial charge in [-0.2, -0.15) is 0 Å². The van der Waals surface area contributed by atoms with E-state index in [0.717, 1.165) is 33.2 Å². The van der Waals surface area contributed by atoms with Gasteiger partial charge in [0, 0.05) is 33.9 Å². The fraction of sp³-hybridized carbons (Fsp3) is 0.235. The van der Waals surface area contributed by atoms with Crippen molar-refractivity contribution in [2.45, 2.75) is 52.4 Å². The van der Waals surface area contributed by atoms with Gasteiger partial charge in [0.05, 0.1) is 22.4 Å². The van der Waals surface area contributed by atoms with E-state index in [9.17, 15) is 0 Å². The van der Waals surface area contributed by atoms with Crippen molar-refractivity contribution in [3.63, 3.8) is 0 Å². The van der Waals surface area contributed by atoms with Gasteiger partial charge in [-0.1, -0.05) is 90.1 Å². The van der Waals surface area contributed by atoms with Crippen molar-refractivity contribution in [2.24, 2.45) is 0 Å². The van der Waals surface area contributed by atoms with Crippen LogP contribution in [-0.2, 0) is 10.8 Å². The van der Waals surface area contributed by atoms with E-state index in [-0.39, 0.29) is 10.8 Å². The molecule has 37 heavy (non-hydrogen) atoms. The third-order valence-corrected chi connectivity index (χ3v) is 7.39. The summed E-state index contributed by atoms with van der Waals surface area (Å²) >= 11 is 0. The average Bonchev–Trinajstić information content (AvgIpc) is 2.87. The van der Waals surface area contributed by atoms with Gasteiger partial charge in [0.2, 0.25) is 0 Å².